The molecule has 1 aliphatic heterocycles. The third-order valence-electron chi connectivity index (χ3n) is 5.03. The monoisotopic (exact) mass is 423 g/mol. The minimum absolute atomic E-state index is 0.222. The van der Waals surface area contributed by atoms with Crippen LogP contribution < -0.4 is 15.5 Å². The highest BCUT2D eigenvalue weighted by Gasteiger charge is 2.17. The number of carbonyl (C=O) groups excluding carboxylic acids is 2. The van der Waals surface area contributed by atoms with Gasteiger partial charge in [-0.25, -0.2) is 4.39 Å². The van der Waals surface area contributed by atoms with E-state index in [4.69, 9.17) is 0 Å². The molecule has 1 fully saturated rings. The van der Waals surface area contributed by atoms with E-state index in [1.807, 2.05) is 11.4 Å². The van der Waals surface area contributed by atoms with Crippen LogP contribution in [0.2, 0.25) is 0 Å². The Bertz CT molecular complexity index is 1050. The molecule has 1 aliphatic rings. The Hall–Kier alpha value is -3.19. The van der Waals surface area contributed by atoms with Gasteiger partial charge in [0, 0.05) is 24.3 Å². The van der Waals surface area contributed by atoms with E-state index in [0.29, 0.717) is 21.8 Å². The first-order chi connectivity index (χ1) is 14.6. The van der Waals surface area contributed by atoms with Crippen molar-refractivity contribution in [2.75, 3.05) is 28.6 Å². The molecule has 0 unspecified atom stereocenters. The van der Waals surface area contributed by atoms with Crippen molar-refractivity contribution in [2.45, 2.75) is 19.3 Å². The molecule has 4 rings (SSSR count). The summed E-state index contributed by atoms with van der Waals surface area (Å²) in [6.45, 7) is 1.78. The molecule has 5 nitrogen and oxygen atoms in total. The fourth-order valence-corrected chi connectivity index (χ4v) is 4.17. The van der Waals surface area contributed by atoms with E-state index in [2.05, 4.69) is 15.5 Å². The fourth-order valence-electron chi connectivity index (χ4n) is 3.55. The molecule has 0 bridgehead atoms. The van der Waals surface area contributed by atoms with E-state index in [9.17, 15) is 14.0 Å². The van der Waals surface area contributed by atoms with Crippen molar-refractivity contribution >= 4 is 40.2 Å². The molecule has 0 aliphatic carbocycles. The first-order valence-electron chi connectivity index (χ1n) is 9.91. The molecule has 2 heterocycles. The molecule has 0 atom stereocenters. The summed E-state index contributed by atoms with van der Waals surface area (Å²) in [6, 6.07) is 14.7. The number of anilines is 3. The number of carbonyl (C=O) groups is 2. The third-order valence-corrected chi connectivity index (χ3v) is 5.90. The topological polar surface area (TPSA) is 61.4 Å². The Morgan fingerprint density at radius 1 is 0.900 bits per heavy atom. The number of thiophene rings is 1. The van der Waals surface area contributed by atoms with Gasteiger partial charge in [0.25, 0.3) is 11.8 Å². The van der Waals surface area contributed by atoms with E-state index < -0.39 is 5.82 Å². The molecule has 0 spiro atoms. The Labute approximate surface area is 178 Å². The van der Waals surface area contributed by atoms with Crippen molar-refractivity contribution in [3.05, 3.63) is 76.2 Å². The van der Waals surface area contributed by atoms with Gasteiger partial charge in [-0.3, -0.25) is 9.59 Å². The summed E-state index contributed by atoms with van der Waals surface area (Å²) in [4.78, 5) is 27.9. The summed E-state index contributed by atoms with van der Waals surface area (Å²) >= 11 is 1.35. The van der Waals surface area contributed by atoms with Crippen molar-refractivity contribution in [3.8, 4) is 0 Å². The molecular weight excluding hydrogens is 401 g/mol. The van der Waals surface area contributed by atoms with Gasteiger partial charge in [0.05, 0.1) is 16.3 Å². The predicted octanol–water partition coefficient (Wildman–Crippen LogP) is 5.38. The van der Waals surface area contributed by atoms with Gasteiger partial charge in [-0.15, -0.1) is 11.3 Å². The fraction of sp³-hybridized carbons (Fsp3) is 0.217. The van der Waals surface area contributed by atoms with Crippen LogP contribution in [0.4, 0.5) is 21.5 Å². The van der Waals surface area contributed by atoms with Gasteiger partial charge < -0.3 is 15.5 Å². The summed E-state index contributed by atoms with van der Waals surface area (Å²) in [5.74, 6) is -0.978. The van der Waals surface area contributed by atoms with Crippen LogP contribution in [0, 0.1) is 5.82 Å². The first-order valence-corrected chi connectivity index (χ1v) is 10.8. The number of benzene rings is 2. The van der Waals surface area contributed by atoms with Crippen LogP contribution in [0.3, 0.4) is 0 Å². The van der Waals surface area contributed by atoms with Crippen LogP contribution in [0.25, 0.3) is 0 Å². The highest BCUT2D eigenvalue weighted by Crippen LogP contribution is 2.30. The summed E-state index contributed by atoms with van der Waals surface area (Å²) in [5, 5.41) is 7.47. The number of halogens is 1. The van der Waals surface area contributed by atoms with Crippen molar-refractivity contribution < 1.29 is 14.0 Å². The first kappa shape index (κ1) is 20.1. The number of hydrogen-bond acceptors (Lipinski definition) is 4. The second kappa shape index (κ2) is 9.09. The molecule has 30 heavy (non-hydrogen) atoms. The van der Waals surface area contributed by atoms with Gasteiger partial charge >= 0.3 is 0 Å². The maximum Gasteiger partial charge on any atom is 0.265 e. The van der Waals surface area contributed by atoms with Gasteiger partial charge in [0.2, 0.25) is 0 Å². The lowest BCUT2D eigenvalue weighted by atomic mass is 10.1. The molecule has 1 saturated heterocycles. The molecule has 2 aromatic carbocycles. The normalized spacial score (nSPS) is 13.7. The van der Waals surface area contributed by atoms with Gasteiger partial charge in [-0.2, -0.15) is 0 Å². The van der Waals surface area contributed by atoms with Crippen molar-refractivity contribution in [2.24, 2.45) is 0 Å². The van der Waals surface area contributed by atoms with Crippen LogP contribution in [0.1, 0.15) is 39.3 Å². The zero-order valence-electron chi connectivity index (χ0n) is 16.4. The number of nitrogens with zero attached hydrogens (tertiary/aromatic N) is 1. The second-order valence-corrected chi connectivity index (χ2v) is 8.12. The molecule has 2 amide bonds. The smallest absolute Gasteiger partial charge is 0.265 e. The molecule has 1 aromatic heterocycles. The van der Waals surface area contributed by atoms with E-state index in [0.717, 1.165) is 31.6 Å². The molecular formula is C23H22FN3O2S. The third kappa shape index (κ3) is 4.68. The van der Waals surface area contributed by atoms with Crippen LogP contribution in [0.5, 0.6) is 0 Å². The van der Waals surface area contributed by atoms with Gasteiger partial charge in [-0.1, -0.05) is 12.1 Å². The molecule has 3 aromatic rings. The molecule has 0 radical (unpaired) electrons. The number of hydrogen-bond donors (Lipinski definition) is 2. The number of piperidine rings is 1. The van der Waals surface area contributed by atoms with E-state index in [1.165, 1.54) is 29.9 Å². The van der Waals surface area contributed by atoms with E-state index in [1.54, 1.807) is 36.4 Å². The lowest BCUT2D eigenvalue weighted by molar-refractivity contribution is 0.101. The number of amides is 2. The van der Waals surface area contributed by atoms with Crippen LogP contribution in [0.15, 0.2) is 60.0 Å². The SMILES string of the molecule is O=C(Nc1cc(F)ccc1N1CCCCC1)c1cccc(NC(=O)c2cccs2)c1. The lowest BCUT2D eigenvalue weighted by Gasteiger charge is -2.30. The van der Waals surface area contributed by atoms with E-state index in [-0.39, 0.29) is 11.8 Å². The number of rotatable bonds is 5. The highest BCUT2D eigenvalue weighted by molar-refractivity contribution is 7.12. The maximum absolute atomic E-state index is 13.9. The average Bonchev–Trinajstić information content (AvgIpc) is 3.30. The lowest BCUT2D eigenvalue weighted by Crippen LogP contribution is -2.30. The Balaban J connectivity index is 1.51. The average molecular weight is 424 g/mol. The van der Waals surface area contributed by atoms with Crippen LogP contribution in [-0.2, 0) is 0 Å². The highest BCUT2D eigenvalue weighted by atomic mass is 32.1. The van der Waals surface area contributed by atoms with Gasteiger partial charge in [-0.05, 0) is 67.1 Å². The Kier molecular flexibility index (Phi) is 6.09. The molecule has 0 saturated carbocycles. The summed E-state index contributed by atoms with van der Waals surface area (Å²) in [7, 11) is 0. The summed E-state index contributed by atoms with van der Waals surface area (Å²) in [6.07, 6.45) is 3.34. The van der Waals surface area contributed by atoms with Crippen LogP contribution >= 0.6 is 11.3 Å². The van der Waals surface area contributed by atoms with Crippen LogP contribution in [-0.4, -0.2) is 24.9 Å². The van der Waals surface area contributed by atoms with Gasteiger partial charge in [0.1, 0.15) is 5.82 Å². The van der Waals surface area contributed by atoms with Crippen molar-refractivity contribution in [1.29, 1.82) is 0 Å². The quantitative estimate of drug-likeness (QED) is 0.579. The maximum atomic E-state index is 13.9. The predicted molar refractivity (Wildman–Crippen MR) is 119 cm³/mol. The largest absolute Gasteiger partial charge is 0.370 e. The molecule has 154 valence electrons. The zero-order chi connectivity index (χ0) is 20.9. The Morgan fingerprint density at radius 2 is 1.73 bits per heavy atom. The second-order valence-electron chi connectivity index (χ2n) is 7.18. The molecule has 7 heteroatoms. The minimum Gasteiger partial charge on any atom is -0.370 e. The van der Waals surface area contributed by atoms with Crippen molar-refractivity contribution in [1.82, 2.24) is 0 Å². The van der Waals surface area contributed by atoms with E-state index >= 15 is 0 Å². The Morgan fingerprint density at radius 3 is 2.50 bits per heavy atom. The summed E-state index contributed by atoms with van der Waals surface area (Å²) in [5.41, 5.74) is 2.19. The summed E-state index contributed by atoms with van der Waals surface area (Å²) < 4.78 is 13.9. The van der Waals surface area contributed by atoms with Crippen molar-refractivity contribution in [3.63, 3.8) is 0 Å². The minimum atomic E-state index is -0.400. The van der Waals surface area contributed by atoms with Gasteiger partial charge in [0.15, 0.2) is 0 Å². The number of nitrogens with one attached hydrogen (secondary N) is 2. The standard InChI is InChI=1S/C23H22FN3O2S/c24-17-9-10-20(27-11-2-1-3-12-27)19(15-17)26-22(28)16-6-4-7-18(14-16)25-23(29)21-8-5-13-30-21/h4-10,13-15H,1-3,11-12H2,(H,25,29)(H,26,28). The zero-order valence-corrected chi connectivity index (χ0v) is 17.2. The molecule has 2 N–H and O–H groups in total.